The van der Waals surface area contributed by atoms with E-state index in [1.807, 2.05) is 13.8 Å². The topological polar surface area (TPSA) is 59.5 Å². The molecule has 0 saturated carbocycles. The number of furan rings is 1. The summed E-state index contributed by atoms with van der Waals surface area (Å²) in [5, 5.41) is 0. The van der Waals surface area contributed by atoms with Crippen LogP contribution in [-0.4, -0.2) is 23.9 Å². The molecular weight excluding hydrogens is 180 g/mol. The lowest BCUT2D eigenvalue weighted by molar-refractivity contribution is 0.0741. The van der Waals surface area contributed by atoms with E-state index in [0.717, 1.165) is 5.56 Å². The number of carbonyl (C=O) groups excluding carboxylic acids is 1. The lowest BCUT2D eigenvalue weighted by atomic mass is 10.3. The van der Waals surface area contributed by atoms with Crippen molar-refractivity contribution in [3.8, 4) is 0 Å². The van der Waals surface area contributed by atoms with Crippen molar-refractivity contribution in [1.29, 1.82) is 0 Å². The van der Waals surface area contributed by atoms with Crippen molar-refractivity contribution in [3.63, 3.8) is 0 Å². The van der Waals surface area contributed by atoms with E-state index in [9.17, 15) is 4.79 Å². The van der Waals surface area contributed by atoms with Crippen molar-refractivity contribution in [1.82, 2.24) is 4.90 Å². The summed E-state index contributed by atoms with van der Waals surface area (Å²) in [5.41, 5.74) is 6.27. The summed E-state index contributed by atoms with van der Waals surface area (Å²) in [7, 11) is 0. The first-order valence-electron chi connectivity index (χ1n) is 4.79. The Kier molecular flexibility index (Phi) is 3.71. The monoisotopic (exact) mass is 196 g/mol. The zero-order valence-corrected chi connectivity index (χ0v) is 8.62. The zero-order chi connectivity index (χ0) is 10.6. The Morgan fingerprint density at radius 1 is 1.50 bits per heavy atom. The highest BCUT2D eigenvalue weighted by atomic mass is 16.3. The molecule has 0 aromatic carbocycles. The summed E-state index contributed by atoms with van der Waals surface area (Å²) in [6.07, 6.45) is 1.52. The number of nitrogens with two attached hydrogens (primary N) is 1. The molecule has 0 atom stereocenters. The second-order valence-electron chi connectivity index (χ2n) is 3.00. The number of carbonyl (C=O) groups is 1. The maximum atomic E-state index is 11.7. The van der Waals surface area contributed by atoms with Crippen LogP contribution >= 0.6 is 0 Å². The molecule has 0 bridgehead atoms. The van der Waals surface area contributed by atoms with Crippen LogP contribution in [0.3, 0.4) is 0 Å². The summed E-state index contributed by atoms with van der Waals surface area (Å²) in [6.45, 7) is 5.65. The summed E-state index contributed by atoms with van der Waals surface area (Å²) < 4.78 is 5.13. The van der Waals surface area contributed by atoms with E-state index in [0.29, 0.717) is 25.4 Å². The van der Waals surface area contributed by atoms with Gasteiger partial charge in [0.25, 0.3) is 5.91 Å². The lowest BCUT2D eigenvalue weighted by Gasteiger charge is -2.16. The summed E-state index contributed by atoms with van der Waals surface area (Å²) in [5.74, 6) is 0.295. The van der Waals surface area contributed by atoms with Crippen molar-refractivity contribution < 1.29 is 9.21 Å². The molecule has 0 spiro atoms. The molecule has 1 amide bonds. The predicted octanol–water partition coefficient (Wildman–Crippen LogP) is 1.22. The van der Waals surface area contributed by atoms with Crippen LogP contribution in [0.25, 0.3) is 0 Å². The van der Waals surface area contributed by atoms with Crippen LogP contribution < -0.4 is 5.73 Å². The number of hydrogen-bond donors (Lipinski definition) is 1. The van der Waals surface area contributed by atoms with Crippen LogP contribution in [0, 0.1) is 0 Å². The number of rotatable bonds is 4. The maximum Gasteiger partial charge on any atom is 0.289 e. The molecule has 0 fully saturated rings. The van der Waals surface area contributed by atoms with E-state index in [1.54, 1.807) is 11.0 Å². The molecule has 1 aromatic rings. The first-order chi connectivity index (χ1) is 6.72. The highest BCUT2D eigenvalue weighted by molar-refractivity contribution is 5.91. The molecular formula is C10H16N2O2. The van der Waals surface area contributed by atoms with Gasteiger partial charge in [0.2, 0.25) is 0 Å². The Morgan fingerprint density at radius 2 is 2.14 bits per heavy atom. The Morgan fingerprint density at radius 3 is 2.57 bits per heavy atom. The molecule has 2 N–H and O–H groups in total. The Hall–Kier alpha value is -1.29. The first-order valence-corrected chi connectivity index (χ1v) is 4.79. The SMILES string of the molecule is CCN(CC)C(=O)c1cc(CN)co1. The molecule has 0 aliphatic heterocycles. The van der Waals surface area contributed by atoms with Crippen molar-refractivity contribution >= 4 is 5.91 Å². The van der Waals surface area contributed by atoms with Gasteiger partial charge in [-0.25, -0.2) is 0 Å². The molecule has 0 unspecified atom stereocenters. The second-order valence-corrected chi connectivity index (χ2v) is 3.00. The molecule has 4 heteroatoms. The summed E-state index contributed by atoms with van der Waals surface area (Å²) in [6, 6.07) is 1.70. The van der Waals surface area contributed by atoms with Gasteiger partial charge < -0.3 is 15.1 Å². The van der Waals surface area contributed by atoms with Gasteiger partial charge in [-0.1, -0.05) is 0 Å². The maximum absolute atomic E-state index is 11.7. The largest absolute Gasteiger partial charge is 0.459 e. The predicted molar refractivity (Wildman–Crippen MR) is 53.9 cm³/mol. The third-order valence-electron chi connectivity index (χ3n) is 2.15. The van der Waals surface area contributed by atoms with Gasteiger partial charge >= 0.3 is 0 Å². The van der Waals surface area contributed by atoms with Crippen LogP contribution in [0.2, 0.25) is 0 Å². The second kappa shape index (κ2) is 4.81. The number of amides is 1. The molecule has 1 aromatic heterocycles. The van der Waals surface area contributed by atoms with E-state index in [-0.39, 0.29) is 5.91 Å². The van der Waals surface area contributed by atoms with E-state index >= 15 is 0 Å². The average molecular weight is 196 g/mol. The first kappa shape index (κ1) is 10.8. The van der Waals surface area contributed by atoms with Gasteiger partial charge in [-0.15, -0.1) is 0 Å². The quantitative estimate of drug-likeness (QED) is 0.787. The van der Waals surface area contributed by atoms with E-state index in [1.165, 1.54) is 6.26 Å². The number of nitrogens with zero attached hydrogens (tertiary/aromatic N) is 1. The van der Waals surface area contributed by atoms with Crippen LogP contribution in [-0.2, 0) is 6.54 Å². The average Bonchev–Trinajstić information content (AvgIpc) is 2.67. The fourth-order valence-electron chi connectivity index (χ4n) is 1.26. The van der Waals surface area contributed by atoms with E-state index < -0.39 is 0 Å². The molecule has 4 nitrogen and oxygen atoms in total. The van der Waals surface area contributed by atoms with Gasteiger partial charge in [0.15, 0.2) is 5.76 Å². The summed E-state index contributed by atoms with van der Waals surface area (Å²) >= 11 is 0. The van der Waals surface area contributed by atoms with Crippen LogP contribution in [0.5, 0.6) is 0 Å². The van der Waals surface area contributed by atoms with Crippen molar-refractivity contribution in [3.05, 3.63) is 23.7 Å². The van der Waals surface area contributed by atoms with E-state index in [4.69, 9.17) is 10.2 Å². The van der Waals surface area contributed by atoms with Gasteiger partial charge in [-0.2, -0.15) is 0 Å². The van der Waals surface area contributed by atoms with E-state index in [2.05, 4.69) is 0 Å². The normalized spacial score (nSPS) is 10.2. The van der Waals surface area contributed by atoms with Gasteiger partial charge in [0.1, 0.15) is 0 Å². The third kappa shape index (κ3) is 2.14. The molecule has 0 aliphatic rings. The molecule has 1 heterocycles. The Bertz CT molecular complexity index is 303. The molecule has 0 aliphatic carbocycles. The molecule has 0 radical (unpaired) electrons. The number of hydrogen-bond acceptors (Lipinski definition) is 3. The van der Waals surface area contributed by atoms with Gasteiger partial charge in [-0.3, -0.25) is 4.79 Å². The van der Waals surface area contributed by atoms with Crippen molar-refractivity contribution in [2.45, 2.75) is 20.4 Å². The van der Waals surface area contributed by atoms with Crippen molar-refractivity contribution in [2.24, 2.45) is 5.73 Å². The van der Waals surface area contributed by atoms with Crippen LogP contribution in [0.1, 0.15) is 30.0 Å². The minimum Gasteiger partial charge on any atom is -0.459 e. The highest BCUT2D eigenvalue weighted by Gasteiger charge is 2.15. The highest BCUT2D eigenvalue weighted by Crippen LogP contribution is 2.09. The van der Waals surface area contributed by atoms with Crippen LogP contribution in [0.4, 0.5) is 0 Å². The van der Waals surface area contributed by atoms with Gasteiger partial charge in [-0.05, 0) is 19.9 Å². The van der Waals surface area contributed by atoms with Crippen molar-refractivity contribution in [2.75, 3.05) is 13.1 Å². The molecule has 14 heavy (non-hydrogen) atoms. The minimum absolute atomic E-state index is 0.0744. The standard InChI is InChI=1S/C10H16N2O2/c1-3-12(4-2)10(13)9-5-8(6-11)7-14-9/h5,7H,3-4,6,11H2,1-2H3. The fourth-order valence-corrected chi connectivity index (χ4v) is 1.26. The zero-order valence-electron chi connectivity index (χ0n) is 8.62. The smallest absolute Gasteiger partial charge is 0.289 e. The van der Waals surface area contributed by atoms with Gasteiger partial charge in [0.05, 0.1) is 6.26 Å². The van der Waals surface area contributed by atoms with Crippen LogP contribution in [0.15, 0.2) is 16.7 Å². The Labute approximate surface area is 83.7 Å². The fraction of sp³-hybridized carbons (Fsp3) is 0.500. The molecule has 78 valence electrons. The Balaban J connectivity index is 2.77. The molecule has 0 saturated heterocycles. The summed E-state index contributed by atoms with van der Waals surface area (Å²) in [4.78, 5) is 13.4. The van der Waals surface area contributed by atoms with Gasteiger partial charge in [0, 0.05) is 25.2 Å². The third-order valence-corrected chi connectivity index (χ3v) is 2.15. The molecule has 1 rings (SSSR count). The minimum atomic E-state index is -0.0744. The lowest BCUT2D eigenvalue weighted by Crippen LogP contribution is -2.30.